The Labute approximate surface area is 152 Å². The Balaban J connectivity index is 0.00000242. The number of nitrogens with one attached hydrogen (secondary N) is 2. The Morgan fingerprint density at radius 2 is 2.32 bits per heavy atom. The average Bonchev–Trinajstić information content (AvgIpc) is 3.17. The second-order valence-electron chi connectivity index (χ2n) is 4.67. The van der Waals surface area contributed by atoms with Crippen LogP contribution in [0.15, 0.2) is 28.8 Å². The van der Waals surface area contributed by atoms with E-state index >= 15 is 0 Å². The summed E-state index contributed by atoms with van der Waals surface area (Å²) in [6.07, 6.45) is 2.66. The number of rotatable bonds is 6. The molecule has 0 aromatic carbocycles. The molecule has 0 radical (unpaired) electrons. The van der Waals surface area contributed by atoms with Gasteiger partial charge in [0, 0.05) is 31.4 Å². The third-order valence-electron chi connectivity index (χ3n) is 3.20. The molecule has 0 spiro atoms. The van der Waals surface area contributed by atoms with Gasteiger partial charge >= 0.3 is 0 Å². The fourth-order valence-corrected chi connectivity index (χ4v) is 2.78. The molecule has 0 saturated heterocycles. The van der Waals surface area contributed by atoms with Crippen molar-refractivity contribution < 1.29 is 0 Å². The lowest BCUT2D eigenvalue weighted by Gasteiger charge is -2.17. The first kappa shape index (κ1) is 18.9. The zero-order valence-electron chi connectivity index (χ0n) is 13.1. The van der Waals surface area contributed by atoms with Gasteiger partial charge in [-0.25, -0.2) is 0 Å². The molecule has 122 valence electrons. The number of aliphatic imine (C=N–C) groups is 1. The molecule has 2 rings (SSSR count). The maximum absolute atomic E-state index is 4.26. The van der Waals surface area contributed by atoms with Gasteiger partial charge in [0.1, 0.15) is 12.2 Å². The normalized spacial score (nSPS) is 12.6. The van der Waals surface area contributed by atoms with Gasteiger partial charge in [0.05, 0.1) is 6.04 Å². The van der Waals surface area contributed by atoms with E-state index in [2.05, 4.69) is 61.8 Å². The van der Waals surface area contributed by atoms with Crippen LogP contribution in [0.2, 0.25) is 0 Å². The van der Waals surface area contributed by atoms with Crippen LogP contribution in [-0.4, -0.2) is 34.3 Å². The Bertz CT molecular complexity index is 566. The number of hydrogen-bond donors (Lipinski definition) is 2. The number of nitrogens with zero attached hydrogens (tertiary/aromatic N) is 4. The SMILES string of the molecule is CCc1nncn1CCNC(=NC)NC(C)c1cccs1.I. The van der Waals surface area contributed by atoms with Crippen molar-refractivity contribution in [1.82, 2.24) is 25.4 Å². The van der Waals surface area contributed by atoms with E-state index < -0.39 is 0 Å². The summed E-state index contributed by atoms with van der Waals surface area (Å²) >= 11 is 1.74. The number of aromatic nitrogens is 3. The lowest BCUT2D eigenvalue weighted by molar-refractivity contribution is 0.622. The number of aryl methyl sites for hydroxylation is 1. The van der Waals surface area contributed by atoms with E-state index in [1.807, 2.05) is 0 Å². The summed E-state index contributed by atoms with van der Waals surface area (Å²) in [6, 6.07) is 4.44. The van der Waals surface area contributed by atoms with Crippen LogP contribution in [0, 0.1) is 0 Å². The van der Waals surface area contributed by atoms with Crippen molar-refractivity contribution in [2.45, 2.75) is 32.9 Å². The first-order valence-electron chi connectivity index (χ1n) is 7.11. The molecular formula is C14H23IN6S. The third-order valence-corrected chi connectivity index (χ3v) is 4.26. The molecule has 2 aromatic heterocycles. The van der Waals surface area contributed by atoms with Crippen LogP contribution >= 0.6 is 35.3 Å². The van der Waals surface area contributed by atoms with Crippen LogP contribution in [0.25, 0.3) is 0 Å². The lowest BCUT2D eigenvalue weighted by atomic mass is 10.3. The second kappa shape index (κ2) is 9.78. The number of guanidine groups is 1. The predicted octanol–water partition coefficient (Wildman–Crippen LogP) is 2.45. The van der Waals surface area contributed by atoms with Gasteiger partial charge in [-0.15, -0.1) is 45.5 Å². The smallest absolute Gasteiger partial charge is 0.191 e. The van der Waals surface area contributed by atoms with E-state index in [1.165, 1.54) is 4.88 Å². The molecule has 2 N–H and O–H groups in total. The largest absolute Gasteiger partial charge is 0.355 e. The molecule has 1 atom stereocenters. The highest BCUT2D eigenvalue weighted by molar-refractivity contribution is 14.0. The molecule has 6 nitrogen and oxygen atoms in total. The van der Waals surface area contributed by atoms with Gasteiger partial charge in [-0.1, -0.05) is 13.0 Å². The minimum Gasteiger partial charge on any atom is -0.355 e. The maximum atomic E-state index is 4.26. The predicted molar refractivity (Wildman–Crippen MR) is 102 cm³/mol. The topological polar surface area (TPSA) is 67.1 Å². The zero-order chi connectivity index (χ0) is 15.1. The fraction of sp³-hybridized carbons (Fsp3) is 0.500. The zero-order valence-corrected chi connectivity index (χ0v) is 16.3. The Hall–Kier alpha value is -1.16. The molecule has 2 heterocycles. The second-order valence-corrected chi connectivity index (χ2v) is 5.65. The maximum Gasteiger partial charge on any atom is 0.191 e. The molecule has 0 aliphatic heterocycles. The van der Waals surface area contributed by atoms with Gasteiger partial charge in [-0.05, 0) is 18.4 Å². The van der Waals surface area contributed by atoms with Gasteiger partial charge in [-0.3, -0.25) is 4.99 Å². The van der Waals surface area contributed by atoms with Gasteiger partial charge in [0.2, 0.25) is 0 Å². The van der Waals surface area contributed by atoms with Gasteiger partial charge in [-0.2, -0.15) is 0 Å². The summed E-state index contributed by atoms with van der Waals surface area (Å²) in [5, 5.41) is 16.8. The molecule has 0 aliphatic rings. The molecule has 22 heavy (non-hydrogen) atoms. The number of hydrogen-bond acceptors (Lipinski definition) is 4. The monoisotopic (exact) mass is 434 g/mol. The van der Waals surface area contributed by atoms with Gasteiger partial charge in [0.15, 0.2) is 5.96 Å². The van der Waals surface area contributed by atoms with Crippen molar-refractivity contribution in [2.24, 2.45) is 4.99 Å². The van der Waals surface area contributed by atoms with Gasteiger partial charge in [0.25, 0.3) is 0 Å². The number of thiophene rings is 1. The lowest BCUT2D eigenvalue weighted by Crippen LogP contribution is -2.39. The van der Waals surface area contributed by atoms with E-state index in [4.69, 9.17) is 0 Å². The van der Waals surface area contributed by atoms with Crippen LogP contribution in [0.1, 0.15) is 30.6 Å². The Morgan fingerprint density at radius 1 is 1.50 bits per heavy atom. The van der Waals surface area contributed by atoms with Crippen molar-refractivity contribution in [3.8, 4) is 0 Å². The molecule has 1 unspecified atom stereocenters. The Morgan fingerprint density at radius 3 is 2.95 bits per heavy atom. The summed E-state index contributed by atoms with van der Waals surface area (Å²) in [5.74, 6) is 1.81. The standard InChI is InChI=1S/C14H22N6S.HI/c1-4-13-19-17-10-20(13)8-7-16-14(15-3)18-11(2)12-6-5-9-21-12;/h5-6,9-11H,4,7-8H2,1-3H3,(H2,15,16,18);1H. The fourth-order valence-electron chi connectivity index (χ4n) is 2.04. The first-order chi connectivity index (χ1) is 10.2. The summed E-state index contributed by atoms with van der Waals surface area (Å²) in [4.78, 5) is 5.55. The molecule has 8 heteroatoms. The first-order valence-corrected chi connectivity index (χ1v) is 7.99. The summed E-state index contributed by atoms with van der Waals surface area (Å²) in [6.45, 7) is 5.82. The van der Waals surface area contributed by atoms with E-state index in [9.17, 15) is 0 Å². The molecule has 0 saturated carbocycles. The summed E-state index contributed by atoms with van der Waals surface area (Å²) in [7, 11) is 1.78. The van der Waals surface area contributed by atoms with Crippen molar-refractivity contribution in [3.05, 3.63) is 34.5 Å². The van der Waals surface area contributed by atoms with Crippen LogP contribution < -0.4 is 10.6 Å². The van der Waals surface area contributed by atoms with Crippen LogP contribution in [0.4, 0.5) is 0 Å². The van der Waals surface area contributed by atoms with E-state index in [-0.39, 0.29) is 30.0 Å². The average molecular weight is 434 g/mol. The van der Waals surface area contributed by atoms with Crippen LogP contribution in [0.5, 0.6) is 0 Å². The minimum atomic E-state index is 0. The van der Waals surface area contributed by atoms with Crippen LogP contribution in [-0.2, 0) is 13.0 Å². The highest BCUT2D eigenvalue weighted by Gasteiger charge is 2.08. The number of halogens is 1. The highest BCUT2D eigenvalue weighted by atomic mass is 127. The summed E-state index contributed by atoms with van der Waals surface area (Å²) in [5.41, 5.74) is 0. The molecule has 0 bridgehead atoms. The molecule has 0 aliphatic carbocycles. The summed E-state index contributed by atoms with van der Waals surface area (Å²) < 4.78 is 2.06. The van der Waals surface area contributed by atoms with Crippen molar-refractivity contribution in [3.63, 3.8) is 0 Å². The molecule has 2 aromatic rings. The highest BCUT2D eigenvalue weighted by Crippen LogP contribution is 2.17. The third kappa shape index (κ3) is 5.24. The van der Waals surface area contributed by atoms with E-state index in [1.54, 1.807) is 24.7 Å². The van der Waals surface area contributed by atoms with E-state index in [0.29, 0.717) is 0 Å². The van der Waals surface area contributed by atoms with Crippen molar-refractivity contribution >= 4 is 41.3 Å². The van der Waals surface area contributed by atoms with E-state index in [0.717, 1.165) is 31.3 Å². The van der Waals surface area contributed by atoms with Gasteiger partial charge < -0.3 is 15.2 Å². The quantitative estimate of drug-likeness (QED) is 0.417. The van der Waals surface area contributed by atoms with Crippen molar-refractivity contribution in [1.29, 1.82) is 0 Å². The van der Waals surface area contributed by atoms with Crippen molar-refractivity contribution in [2.75, 3.05) is 13.6 Å². The Kier molecular flexibility index (Phi) is 8.39. The molecular weight excluding hydrogens is 411 g/mol. The van der Waals surface area contributed by atoms with Crippen LogP contribution in [0.3, 0.4) is 0 Å². The molecule has 0 fully saturated rings. The molecule has 0 amide bonds. The minimum absolute atomic E-state index is 0.